The van der Waals surface area contributed by atoms with Crippen molar-refractivity contribution >= 4 is 39.6 Å². The Hall–Kier alpha value is -1.05. The Morgan fingerprint density at radius 2 is 2.14 bits per heavy atom. The van der Waals surface area contributed by atoms with Gasteiger partial charge in [0, 0.05) is 23.9 Å². The van der Waals surface area contributed by atoms with E-state index in [2.05, 4.69) is 27.6 Å². The summed E-state index contributed by atoms with van der Waals surface area (Å²) in [6, 6.07) is 0. The number of aromatic nitrogens is 3. The molecule has 0 spiro atoms. The molecule has 74 valence electrons. The molecule has 2 N–H and O–H groups in total. The normalized spacial score (nSPS) is 11.1. The van der Waals surface area contributed by atoms with Gasteiger partial charge in [-0.3, -0.25) is 9.36 Å². The van der Waals surface area contributed by atoms with Crippen molar-refractivity contribution in [2.45, 2.75) is 0 Å². The number of aryl methyl sites for hydroxylation is 1. The van der Waals surface area contributed by atoms with E-state index in [-0.39, 0.29) is 11.5 Å². The van der Waals surface area contributed by atoms with Gasteiger partial charge in [-0.15, -0.1) is 0 Å². The van der Waals surface area contributed by atoms with Gasteiger partial charge in [0.15, 0.2) is 0 Å². The number of rotatable bonds is 0. The topological polar surface area (TPSA) is 65.8 Å². The molecule has 0 unspecified atom stereocenters. The second-order valence-corrected chi connectivity index (χ2v) is 4.28. The number of hydrogen-bond donors (Lipinski definition) is 1. The zero-order chi connectivity index (χ0) is 10.5. The second-order valence-electron chi connectivity index (χ2n) is 3.12. The van der Waals surface area contributed by atoms with Crippen molar-refractivity contribution in [1.82, 2.24) is 14.1 Å². The summed E-state index contributed by atoms with van der Waals surface area (Å²) < 4.78 is 4.05. The minimum Gasteiger partial charge on any atom is -0.369 e. The second kappa shape index (κ2) is 2.97. The molecule has 0 saturated carbocycles. The van der Waals surface area contributed by atoms with E-state index in [1.165, 1.54) is 4.57 Å². The highest BCUT2D eigenvalue weighted by atomic mass is 127. The fourth-order valence-electron chi connectivity index (χ4n) is 1.37. The maximum atomic E-state index is 11.8. The monoisotopic (exact) mass is 304 g/mol. The van der Waals surface area contributed by atoms with Gasteiger partial charge >= 0.3 is 0 Å². The van der Waals surface area contributed by atoms with E-state index in [1.54, 1.807) is 11.6 Å². The average molecular weight is 304 g/mol. The molecular weight excluding hydrogens is 295 g/mol. The van der Waals surface area contributed by atoms with Crippen molar-refractivity contribution < 1.29 is 0 Å². The van der Waals surface area contributed by atoms with Crippen LogP contribution in [0.2, 0.25) is 0 Å². The molecule has 2 heterocycles. The number of anilines is 1. The molecule has 0 aliphatic rings. The molecule has 0 saturated heterocycles. The molecular formula is C8H9IN4O. The van der Waals surface area contributed by atoms with Crippen LogP contribution in [0.5, 0.6) is 0 Å². The minimum absolute atomic E-state index is 0.0995. The molecule has 0 aliphatic carbocycles. The van der Waals surface area contributed by atoms with Crippen molar-refractivity contribution in [2.24, 2.45) is 14.1 Å². The molecule has 0 aromatic carbocycles. The van der Waals surface area contributed by atoms with Crippen LogP contribution < -0.4 is 11.3 Å². The average Bonchev–Trinajstić information content (AvgIpc) is 2.38. The Morgan fingerprint density at radius 3 is 2.79 bits per heavy atom. The number of nitrogens with zero attached hydrogens (tertiary/aromatic N) is 3. The Kier molecular flexibility index (Phi) is 2.02. The molecule has 0 aliphatic heterocycles. The smallest absolute Gasteiger partial charge is 0.265 e. The van der Waals surface area contributed by atoms with E-state index >= 15 is 0 Å². The lowest BCUT2D eigenvalue weighted by atomic mass is 10.4. The van der Waals surface area contributed by atoms with E-state index in [1.807, 2.05) is 13.2 Å². The summed E-state index contributed by atoms with van der Waals surface area (Å²) in [5.74, 6) is 0.236. The molecule has 0 bridgehead atoms. The van der Waals surface area contributed by atoms with Gasteiger partial charge in [0.25, 0.3) is 5.56 Å². The van der Waals surface area contributed by atoms with Crippen LogP contribution in [0, 0.1) is 3.57 Å². The van der Waals surface area contributed by atoms with Crippen LogP contribution in [0.4, 0.5) is 5.95 Å². The Morgan fingerprint density at radius 1 is 1.50 bits per heavy atom. The molecule has 6 heteroatoms. The van der Waals surface area contributed by atoms with E-state index in [0.29, 0.717) is 11.0 Å². The summed E-state index contributed by atoms with van der Waals surface area (Å²) in [6.07, 6.45) is 1.86. The van der Waals surface area contributed by atoms with Gasteiger partial charge in [0.2, 0.25) is 5.95 Å². The van der Waals surface area contributed by atoms with Crippen LogP contribution in [0.25, 0.3) is 11.0 Å². The lowest BCUT2D eigenvalue weighted by Gasteiger charge is -2.02. The first-order valence-corrected chi connectivity index (χ1v) is 5.07. The summed E-state index contributed by atoms with van der Waals surface area (Å²) in [5.41, 5.74) is 6.14. The van der Waals surface area contributed by atoms with Gasteiger partial charge in [0.05, 0.1) is 5.39 Å². The van der Waals surface area contributed by atoms with Crippen LogP contribution in [-0.4, -0.2) is 14.1 Å². The van der Waals surface area contributed by atoms with Crippen molar-refractivity contribution in [3.63, 3.8) is 0 Å². The van der Waals surface area contributed by atoms with E-state index < -0.39 is 0 Å². The van der Waals surface area contributed by atoms with Crippen molar-refractivity contribution in [3.05, 3.63) is 20.1 Å². The molecule has 0 amide bonds. The molecule has 0 radical (unpaired) electrons. The lowest BCUT2D eigenvalue weighted by molar-refractivity contribution is 0.849. The number of halogens is 1. The molecule has 5 nitrogen and oxygen atoms in total. The zero-order valence-corrected chi connectivity index (χ0v) is 9.94. The molecule has 0 fully saturated rings. The van der Waals surface area contributed by atoms with Gasteiger partial charge in [-0.25, -0.2) is 0 Å². The number of fused-ring (bicyclic) bond motifs is 1. The first kappa shape index (κ1) is 9.50. The van der Waals surface area contributed by atoms with Crippen LogP contribution in [0.3, 0.4) is 0 Å². The van der Waals surface area contributed by atoms with Gasteiger partial charge in [-0.2, -0.15) is 4.98 Å². The predicted molar refractivity (Wildman–Crippen MR) is 63.1 cm³/mol. The number of nitrogen functional groups attached to an aromatic ring is 1. The van der Waals surface area contributed by atoms with Crippen LogP contribution in [-0.2, 0) is 14.1 Å². The summed E-state index contributed by atoms with van der Waals surface area (Å²) in [5, 5.41) is 0.629. The molecule has 0 atom stereocenters. The number of nitrogens with two attached hydrogens (primary N) is 1. The highest BCUT2D eigenvalue weighted by Gasteiger charge is 2.12. The Labute approximate surface area is 93.7 Å². The third kappa shape index (κ3) is 1.13. The SMILES string of the molecule is Cn1c(N)nc2c(c(I)cn2C)c1=O. The standard InChI is InChI=1S/C8H9IN4O/c1-12-3-4(9)5-6(12)11-8(10)13(2)7(5)14/h3H,1-2H3,(H2,10,11). The van der Waals surface area contributed by atoms with Crippen molar-refractivity contribution in [1.29, 1.82) is 0 Å². The quantitative estimate of drug-likeness (QED) is 0.719. The summed E-state index contributed by atoms with van der Waals surface area (Å²) in [6.45, 7) is 0. The fraction of sp³-hybridized carbons (Fsp3) is 0.250. The zero-order valence-electron chi connectivity index (χ0n) is 7.78. The third-order valence-corrected chi connectivity index (χ3v) is 3.00. The molecule has 2 aromatic heterocycles. The van der Waals surface area contributed by atoms with E-state index in [9.17, 15) is 4.79 Å². The maximum absolute atomic E-state index is 11.8. The largest absolute Gasteiger partial charge is 0.369 e. The Balaban J connectivity index is 3.09. The van der Waals surface area contributed by atoms with E-state index in [4.69, 9.17) is 5.73 Å². The van der Waals surface area contributed by atoms with Gasteiger partial charge in [-0.1, -0.05) is 0 Å². The van der Waals surface area contributed by atoms with Gasteiger partial charge in [-0.05, 0) is 22.6 Å². The highest BCUT2D eigenvalue weighted by molar-refractivity contribution is 14.1. The third-order valence-electron chi connectivity index (χ3n) is 2.19. The van der Waals surface area contributed by atoms with Crippen LogP contribution in [0.1, 0.15) is 0 Å². The van der Waals surface area contributed by atoms with Gasteiger partial charge < -0.3 is 10.3 Å². The summed E-state index contributed by atoms with van der Waals surface area (Å²) >= 11 is 2.12. The highest BCUT2D eigenvalue weighted by Crippen LogP contribution is 2.17. The minimum atomic E-state index is -0.0995. The maximum Gasteiger partial charge on any atom is 0.265 e. The first-order chi connectivity index (χ1) is 6.52. The van der Waals surface area contributed by atoms with Crippen molar-refractivity contribution in [2.75, 3.05) is 5.73 Å². The van der Waals surface area contributed by atoms with Crippen molar-refractivity contribution in [3.8, 4) is 0 Å². The fourth-order valence-corrected chi connectivity index (χ4v) is 2.26. The number of hydrogen-bond acceptors (Lipinski definition) is 3. The molecule has 14 heavy (non-hydrogen) atoms. The van der Waals surface area contributed by atoms with E-state index in [0.717, 1.165) is 3.57 Å². The first-order valence-electron chi connectivity index (χ1n) is 3.99. The summed E-state index contributed by atoms with van der Waals surface area (Å²) in [4.78, 5) is 16.0. The lowest BCUT2D eigenvalue weighted by Crippen LogP contribution is -2.21. The molecule has 2 aromatic rings. The van der Waals surface area contributed by atoms with Crippen LogP contribution >= 0.6 is 22.6 Å². The molecule has 2 rings (SSSR count). The summed E-state index contributed by atoms with van der Waals surface area (Å²) in [7, 11) is 3.46. The van der Waals surface area contributed by atoms with Gasteiger partial charge in [0.1, 0.15) is 5.65 Å². The van der Waals surface area contributed by atoms with Crippen LogP contribution in [0.15, 0.2) is 11.0 Å². The predicted octanol–water partition coefficient (Wildman–Crippen LogP) is 0.459. The Bertz CT molecular complexity index is 569.